The SMILES string of the molecule is CNCCCC(=O)Nc1ccc(CN2CCCC2=O)cc1.Cl. The van der Waals surface area contributed by atoms with Gasteiger partial charge in [0.15, 0.2) is 0 Å². The number of halogens is 1. The number of carbonyl (C=O) groups is 2. The number of nitrogens with zero attached hydrogens (tertiary/aromatic N) is 1. The van der Waals surface area contributed by atoms with E-state index in [9.17, 15) is 9.59 Å². The van der Waals surface area contributed by atoms with Crippen molar-refractivity contribution in [2.75, 3.05) is 25.5 Å². The first kappa shape index (κ1) is 18.5. The summed E-state index contributed by atoms with van der Waals surface area (Å²) in [6, 6.07) is 7.72. The fourth-order valence-corrected chi connectivity index (χ4v) is 2.43. The zero-order valence-electron chi connectivity index (χ0n) is 12.9. The lowest BCUT2D eigenvalue weighted by Crippen LogP contribution is -2.23. The van der Waals surface area contributed by atoms with Crippen LogP contribution < -0.4 is 10.6 Å². The monoisotopic (exact) mass is 325 g/mol. The molecule has 0 bridgehead atoms. The molecule has 0 saturated carbocycles. The predicted octanol–water partition coefficient (Wildman–Crippen LogP) is 2.17. The summed E-state index contributed by atoms with van der Waals surface area (Å²) in [5.41, 5.74) is 1.90. The van der Waals surface area contributed by atoms with Gasteiger partial charge in [0.25, 0.3) is 0 Å². The number of anilines is 1. The number of hydrogen-bond donors (Lipinski definition) is 2. The first-order chi connectivity index (χ1) is 10.2. The van der Waals surface area contributed by atoms with Crippen LogP contribution in [0.4, 0.5) is 5.69 Å². The van der Waals surface area contributed by atoms with Gasteiger partial charge in [-0.15, -0.1) is 12.4 Å². The number of carbonyl (C=O) groups excluding carboxylic acids is 2. The van der Waals surface area contributed by atoms with Gasteiger partial charge in [0.1, 0.15) is 0 Å². The summed E-state index contributed by atoms with van der Waals surface area (Å²) >= 11 is 0. The van der Waals surface area contributed by atoms with Crippen LogP contribution in [0.15, 0.2) is 24.3 Å². The molecule has 2 N–H and O–H groups in total. The van der Waals surface area contributed by atoms with Gasteiger partial charge in [-0.25, -0.2) is 0 Å². The van der Waals surface area contributed by atoms with Gasteiger partial charge >= 0.3 is 0 Å². The van der Waals surface area contributed by atoms with Crippen LogP contribution in [-0.2, 0) is 16.1 Å². The highest BCUT2D eigenvalue weighted by atomic mass is 35.5. The Labute approximate surface area is 137 Å². The second kappa shape index (κ2) is 9.43. The lowest BCUT2D eigenvalue weighted by molar-refractivity contribution is -0.128. The van der Waals surface area contributed by atoms with Crippen LogP contribution in [0.3, 0.4) is 0 Å². The van der Waals surface area contributed by atoms with Crippen LogP contribution in [0.2, 0.25) is 0 Å². The highest BCUT2D eigenvalue weighted by molar-refractivity contribution is 5.90. The summed E-state index contributed by atoms with van der Waals surface area (Å²) in [5.74, 6) is 0.268. The van der Waals surface area contributed by atoms with E-state index in [0.717, 1.165) is 37.2 Å². The predicted molar refractivity (Wildman–Crippen MR) is 90.1 cm³/mol. The summed E-state index contributed by atoms with van der Waals surface area (Å²) in [5, 5.41) is 5.90. The van der Waals surface area contributed by atoms with Crippen LogP contribution in [0.5, 0.6) is 0 Å². The molecule has 22 heavy (non-hydrogen) atoms. The summed E-state index contributed by atoms with van der Waals surface area (Å²) in [7, 11) is 1.88. The van der Waals surface area contributed by atoms with Gasteiger partial charge in [-0.05, 0) is 44.1 Å². The topological polar surface area (TPSA) is 61.4 Å². The molecule has 0 radical (unpaired) electrons. The molecule has 1 saturated heterocycles. The van der Waals surface area contributed by atoms with Crippen LogP contribution in [0, 0.1) is 0 Å². The second-order valence-corrected chi connectivity index (χ2v) is 5.37. The van der Waals surface area contributed by atoms with E-state index in [0.29, 0.717) is 19.4 Å². The zero-order chi connectivity index (χ0) is 15.1. The lowest BCUT2D eigenvalue weighted by Gasteiger charge is -2.15. The second-order valence-electron chi connectivity index (χ2n) is 5.37. The van der Waals surface area contributed by atoms with Crippen molar-refractivity contribution in [3.63, 3.8) is 0 Å². The van der Waals surface area contributed by atoms with Gasteiger partial charge in [0.2, 0.25) is 11.8 Å². The molecular formula is C16H24ClN3O2. The third kappa shape index (κ3) is 5.66. The summed E-state index contributed by atoms with van der Waals surface area (Å²) in [4.78, 5) is 25.2. The molecular weight excluding hydrogens is 302 g/mol. The summed E-state index contributed by atoms with van der Waals surface area (Å²) in [6.07, 6.45) is 2.97. The molecule has 5 nitrogen and oxygen atoms in total. The highest BCUT2D eigenvalue weighted by Gasteiger charge is 2.19. The number of likely N-dealkylation sites (tertiary alicyclic amines) is 1. The Morgan fingerprint density at radius 3 is 2.59 bits per heavy atom. The fourth-order valence-electron chi connectivity index (χ4n) is 2.43. The number of rotatable bonds is 7. The first-order valence-corrected chi connectivity index (χ1v) is 7.50. The Hall–Kier alpha value is -1.59. The molecule has 1 aliphatic rings. The van der Waals surface area contributed by atoms with Crippen molar-refractivity contribution in [3.8, 4) is 0 Å². The quantitative estimate of drug-likeness (QED) is 0.755. The Bertz CT molecular complexity index is 491. The van der Waals surface area contributed by atoms with Crippen molar-refractivity contribution in [2.24, 2.45) is 0 Å². The van der Waals surface area contributed by atoms with E-state index in [2.05, 4.69) is 10.6 Å². The van der Waals surface area contributed by atoms with Crippen molar-refractivity contribution in [2.45, 2.75) is 32.2 Å². The Morgan fingerprint density at radius 1 is 1.27 bits per heavy atom. The van der Waals surface area contributed by atoms with E-state index in [-0.39, 0.29) is 24.2 Å². The zero-order valence-corrected chi connectivity index (χ0v) is 13.7. The summed E-state index contributed by atoms with van der Waals surface area (Å²) < 4.78 is 0. The Balaban J connectivity index is 0.00000242. The van der Waals surface area contributed by atoms with Gasteiger partial charge in [-0.1, -0.05) is 12.1 Å². The van der Waals surface area contributed by atoms with E-state index in [1.165, 1.54) is 0 Å². The molecule has 0 aromatic heterocycles. The van der Waals surface area contributed by atoms with E-state index in [1.807, 2.05) is 36.2 Å². The van der Waals surface area contributed by atoms with Crippen molar-refractivity contribution < 1.29 is 9.59 Å². The van der Waals surface area contributed by atoms with Crippen molar-refractivity contribution in [1.82, 2.24) is 10.2 Å². The molecule has 0 atom stereocenters. The van der Waals surface area contributed by atoms with E-state index in [4.69, 9.17) is 0 Å². The normalized spacial score (nSPS) is 13.9. The molecule has 1 aliphatic heterocycles. The molecule has 0 spiro atoms. The van der Waals surface area contributed by atoms with Crippen LogP contribution in [0.25, 0.3) is 0 Å². The van der Waals surface area contributed by atoms with Crippen molar-refractivity contribution >= 4 is 29.9 Å². The molecule has 1 aromatic carbocycles. The minimum Gasteiger partial charge on any atom is -0.338 e. The largest absolute Gasteiger partial charge is 0.338 e. The van der Waals surface area contributed by atoms with Crippen LogP contribution in [-0.4, -0.2) is 36.9 Å². The Morgan fingerprint density at radius 2 is 2.00 bits per heavy atom. The maximum atomic E-state index is 11.7. The van der Waals surface area contributed by atoms with Gasteiger partial charge in [0.05, 0.1) is 0 Å². The van der Waals surface area contributed by atoms with Crippen molar-refractivity contribution in [1.29, 1.82) is 0 Å². The molecule has 122 valence electrons. The maximum Gasteiger partial charge on any atom is 0.224 e. The van der Waals surface area contributed by atoms with E-state index < -0.39 is 0 Å². The molecule has 2 rings (SSSR count). The van der Waals surface area contributed by atoms with Gasteiger partial charge in [-0.2, -0.15) is 0 Å². The van der Waals surface area contributed by atoms with Crippen LogP contribution >= 0.6 is 12.4 Å². The maximum absolute atomic E-state index is 11.7. The van der Waals surface area contributed by atoms with Crippen molar-refractivity contribution in [3.05, 3.63) is 29.8 Å². The smallest absolute Gasteiger partial charge is 0.224 e. The number of amides is 2. The number of nitrogens with one attached hydrogen (secondary N) is 2. The Kier molecular flexibility index (Phi) is 7.91. The molecule has 6 heteroatoms. The fraction of sp³-hybridized carbons (Fsp3) is 0.500. The molecule has 1 fully saturated rings. The average molecular weight is 326 g/mol. The molecule has 2 amide bonds. The third-order valence-electron chi connectivity index (χ3n) is 3.61. The first-order valence-electron chi connectivity index (χ1n) is 7.50. The molecule has 1 heterocycles. The molecule has 0 aliphatic carbocycles. The van der Waals surface area contributed by atoms with E-state index in [1.54, 1.807) is 0 Å². The van der Waals surface area contributed by atoms with Crippen LogP contribution in [0.1, 0.15) is 31.2 Å². The standard InChI is InChI=1S/C16H23N3O2.ClH/c1-17-10-2-4-15(20)18-14-8-6-13(7-9-14)12-19-11-3-5-16(19)21;/h6-9,17H,2-5,10-12H2,1H3,(H,18,20);1H. The minimum absolute atomic E-state index is 0. The molecule has 0 unspecified atom stereocenters. The van der Waals surface area contributed by atoms with E-state index >= 15 is 0 Å². The minimum atomic E-state index is 0. The number of hydrogen-bond acceptors (Lipinski definition) is 3. The average Bonchev–Trinajstić information content (AvgIpc) is 2.87. The third-order valence-corrected chi connectivity index (χ3v) is 3.61. The van der Waals surface area contributed by atoms with Gasteiger partial charge in [-0.3, -0.25) is 9.59 Å². The van der Waals surface area contributed by atoms with Gasteiger partial charge < -0.3 is 15.5 Å². The molecule has 1 aromatic rings. The summed E-state index contributed by atoms with van der Waals surface area (Å²) in [6.45, 7) is 2.36. The van der Waals surface area contributed by atoms with Gasteiger partial charge in [0, 0.05) is 31.6 Å². The highest BCUT2D eigenvalue weighted by Crippen LogP contribution is 2.16. The number of benzene rings is 1. The lowest BCUT2D eigenvalue weighted by atomic mass is 10.2.